The molecule has 3 N–H and O–H groups in total. The number of piperidine rings is 1. The molecule has 0 aromatic heterocycles. The van der Waals surface area contributed by atoms with Gasteiger partial charge in [-0.05, 0) is 32.4 Å². The van der Waals surface area contributed by atoms with Crippen LogP contribution < -0.4 is 10.6 Å². The predicted octanol–water partition coefficient (Wildman–Crippen LogP) is 1.29. The number of aliphatic hydroxyl groups is 1. The third-order valence-corrected chi connectivity index (χ3v) is 3.93. The Morgan fingerprint density at radius 2 is 2.00 bits per heavy atom. The van der Waals surface area contributed by atoms with Crippen LogP contribution in [0.3, 0.4) is 0 Å². The van der Waals surface area contributed by atoms with E-state index < -0.39 is 0 Å². The van der Waals surface area contributed by atoms with E-state index >= 15 is 0 Å². The van der Waals surface area contributed by atoms with Gasteiger partial charge in [0.15, 0.2) is 0 Å². The summed E-state index contributed by atoms with van der Waals surface area (Å²) in [5.41, 5.74) is -0.429. The smallest absolute Gasteiger partial charge is 0.226 e. The van der Waals surface area contributed by atoms with E-state index in [4.69, 9.17) is 0 Å². The van der Waals surface area contributed by atoms with Gasteiger partial charge in [-0.2, -0.15) is 0 Å². The summed E-state index contributed by atoms with van der Waals surface area (Å²) in [6.45, 7) is 8.55. The zero-order valence-corrected chi connectivity index (χ0v) is 12.0. The van der Waals surface area contributed by atoms with E-state index in [9.17, 15) is 9.90 Å². The van der Waals surface area contributed by atoms with Crippen molar-refractivity contribution in [2.24, 2.45) is 10.8 Å². The molecule has 1 rings (SSSR count). The van der Waals surface area contributed by atoms with Crippen LogP contribution in [0.25, 0.3) is 0 Å². The maximum absolute atomic E-state index is 12.5. The topological polar surface area (TPSA) is 61.4 Å². The Hall–Kier alpha value is -0.610. The number of amides is 1. The van der Waals surface area contributed by atoms with Crippen molar-refractivity contribution < 1.29 is 9.90 Å². The largest absolute Gasteiger partial charge is 0.396 e. The van der Waals surface area contributed by atoms with Crippen LogP contribution in [0.5, 0.6) is 0 Å². The van der Waals surface area contributed by atoms with Crippen LogP contribution in [0.1, 0.15) is 46.5 Å². The van der Waals surface area contributed by atoms with Gasteiger partial charge in [0.2, 0.25) is 5.91 Å². The van der Waals surface area contributed by atoms with Crippen molar-refractivity contribution in [3.63, 3.8) is 0 Å². The average Bonchev–Trinajstić information content (AvgIpc) is 2.37. The van der Waals surface area contributed by atoms with Gasteiger partial charge < -0.3 is 15.7 Å². The van der Waals surface area contributed by atoms with Crippen LogP contribution >= 0.6 is 0 Å². The molecule has 1 aliphatic rings. The molecule has 0 bridgehead atoms. The van der Waals surface area contributed by atoms with E-state index in [0.29, 0.717) is 6.54 Å². The van der Waals surface area contributed by atoms with Crippen LogP contribution in [0.15, 0.2) is 0 Å². The maximum atomic E-state index is 12.5. The van der Waals surface area contributed by atoms with Gasteiger partial charge in [0.1, 0.15) is 0 Å². The summed E-state index contributed by atoms with van der Waals surface area (Å²) >= 11 is 0. The second-order valence-corrected chi connectivity index (χ2v) is 6.29. The van der Waals surface area contributed by atoms with Crippen molar-refractivity contribution in [2.75, 3.05) is 26.2 Å². The molecule has 1 fully saturated rings. The second-order valence-electron chi connectivity index (χ2n) is 6.29. The number of aliphatic hydroxyl groups excluding tert-OH is 1. The Labute approximate surface area is 111 Å². The van der Waals surface area contributed by atoms with Gasteiger partial charge in [0.25, 0.3) is 0 Å². The zero-order valence-electron chi connectivity index (χ0n) is 12.0. The van der Waals surface area contributed by atoms with E-state index in [-0.39, 0.29) is 23.3 Å². The summed E-state index contributed by atoms with van der Waals surface area (Å²) in [6.07, 6.45) is 3.84. The van der Waals surface area contributed by atoms with Crippen LogP contribution in [-0.2, 0) is 4.79 Å². The minimum Gasteiger partial charge on any atom is -0.396 e. The minimum absolute atomic E-state index is 0.0929. The Bertz CT molecular complexity index is 265. The molecule has 0 spiro atoms. The summed E-state index contributed by atoms with van der Waals surface area (Å²) < 4.78 is 0. The minimum atomic E-state index is -0.240. The summed E-state index contributed by atoms with van der Waals surface area (Å²) in [4.78, 5) is 12.5. The van der Waals surface area contributed by atoms with Gasteiger partial charge >= 0.3 is 0 Å². The number of carbonyl (C=O) groups excluding carboxylic acids is 1. The monoisotopic (exact) mass is 256 g/mol. The first-order chi connectivity index (χ1) is 8.46. The predicted molar refractivity (Wildman–Crippen MR) is 73.3 cm³/mol. The molecule has 4 heteroatoms. The lowest BCUT2D eigenvalue weighted by atomic mass is 9.74. The van der Waals surface area contributed by atoms with Crippen molar-refractivity contribution in [1.82, 2.24) is 10.6 Å². The summed E-state index contributed by atoms with van der Waals surface area (Å²) in [7, 11) is 0. The first kappa shape index (κ1) is 15.4. The van der Waals surface area contributed by atoms with Crippen LogP contribution in [-0.4, -0.2) is 37.3 Å². The molecular weight excluding hydrogens is 228 g/mol. The molecule has 0 saturated carbocycles. The molecule has 1 aliphatic heterocycles. The third-order valence-electron chi connectivity index (χ3n) is 3.93. The van der Waals surface area contributed by atoms with E-state index in [2.05, 4.69) is 17.6 Å². The fraction of sp³-hybridized carbons (Fsp3) is 0.929. The molecule has 1 amide bonds. The highest BCUT2D eigenvalue weighted by atomic mass is 16.3. The molecule has 1 heterocycles. The third kappa shape index (κ3) is 3.95. The summed E-state index contributed by atoms with van der Waals surface area (Å²) in [6, 6.07) is 0. The van der Waals surface area contributed by atoms with Crippen molar-refractivity contribution in [1.29, 1.82) is 0 Å². The molecule has 18 heavy (non-hydrogen) atoms. The van der Waals surface area contributed by atoms with Gasteiger partial charge in [-0.1, -0.05) is 27.2 Å². The fourth-order valence-corrected chi connectivity index (χ4v) is 2.54. The first-order valence-corrected chi connectivity index (χ1v) is 7.06. The SMILES string of the molecule is CCCC1(C(=O)NCC(C)(C)CO)CCNCC1. The van der Waals surface area contributed by atoms with Crippen LogP contribution in [0.4, 0.5) is 0 Å². The summed E-state index contributed by atoms with van der Waals surface area (Å²) in [5, 5.41) is 15.6. The van der Waals surface area contributed by atoms with Gasteiger partial charge in [0, 0.05) is 18.6 Å². The lowest BCUT2D eigenvalue weighted by molar-refractivity contribution is -0.133. The zero-order chi connectivity index (χ0) is 13.6. The van der Waals surface area contributed by atoms with Crippen molar-refractivity contribution >= 4 is 5.91 Å². The van der Waals surface area contributed by atoms with E-state index in [1.807, 2.05) is 13.8 Å². The van der Waals surface area contributed by atoms with Crippen molar-refractivity contribution in [3.8, 4) is 0 Å². The quantitative estimate of drug-likeness (QED) is 0.671. The molecule has 1 saturated heterocycles. The molecule has 0 aromatic carbocycles. The molecule has 0 aliphatic carbocycles. The number of carbonyl (C=O) groups is 1. The highest BCUT2D eigenvalue weighted by molar-refractivity contribution is 5.82. The lowest BCUT2D eigenvalue weighted by Gasteiger charge is -2.37. The highest BCUT2D eigenvalue weighted by Crippen LogP contribution is 2.34. The number of hydrogen-bond acceptors (Lipinski definition) is 3. The van der Waals surface area contributed by atoms with Crippen molar-refractivity contribution in [3.05, 3.63) is 0 Å². The Morgan fingerprint density at radius 1 is 1.39 bits per heavy atom. The lowest BCUT2D eigenvalue weighted by Crippen LogP contribution is -2.49. The van der Waals surface area contributed by atoms with E-state index in [1.165, 1.54) is 0 Å². The maximum Gasteiger partial charge on any atom is 0.226 e. The van der Waals surface area contributed by atoms with Gasteiger partial charge in [0.05, 0.1) is 5.41 Å². The molecule has 0 radical (unpaired) electrons. The Morgan fingerprint density at radius 3 is 2.50 bits per heavy atom. The number of hydrogen-bond donors (Lipinski definition) is 3. The Kier molecular flexibility index (Phi) is 5.60. The normalized spacial score (nSPS) is 19.6. The van der Waals surface area contributed by atoms with E-state index in [1.54, 1.807) is 0 Å². The number of rotatable bonds is 6. The van der Waals surface area contributed by atoms with Crippen LogP contribution in [0.2, 0.25) is 0 Å². The van der Waals surface area contributed by atoms with Gasteiger partial charge in [-0.25, -0.2) is 0 Å². The number of nitrogens with one attached hydrogen (secondary N) is 2. The molecule has 0 unspecified atom stereocenters. The van der Waals surface area contributed by atoms with Gasteiger partial charge in [-0.15, -0.1) is 0 Å². The standard InChI is InChI=1S/C14H28N2O2/c1-4-5-14(6-8-15-9-7-14)12(18)16-10-13(2,3)11-17/h15,17H,4-11H2,1-3H3,(H,16,18). The first-order valence-electron chi connectivity index (χ1n) is 7.06. The van der Waals surface area contributed by atoms with E-state index in [0.717, 1.165) is 38.8 Å². The second kappa shape index (κ2) is 6.53. The average molecular weight is 256 g/mol. The fourth-order valence-electron chi connectivity index (χ4n) is 2.54. The molecule has 0 atom stereocenters. The Balaban J connectivity index is 2.60. The highest BCUT2D eigenvalue weighted by Gasteiger charge is 2.38. The molecule has 0 aromatic rings. The molecular formula is C14H28N2O2. The summed E-state index contributed by atoms with van der Waals surface area (Å²) in [5.74, 6) is 0.173. The molecule has 4 nitrogen and oxygen atoms in total. The molecule has 106 valence electrons. The van der Waals surface area contributed by atoms with Crippen molar-refractivity contribution in [2.45, 2.75) is 46.5 Å². The van der Waals surface area contributed by atoms with Gasteiger partial charge in [-0.3, -0.25) is 4.79 Å². The van der Waals surface area contributed by atoms with Crippen LogP contribution in [0, 0.1) is 10.8 Å².